The molecule has 8 heteroatoms. The molecule has 0 saturated carbocycles. The summed E-state index contributed by atoms with van der Waals surface area (Å²) >= 11 is 0. The number of rotatable bonds is 5. The lowest BCUT2D eigenvalue weighted by Gasteiger charge is -2.44. The molecule has 2 atom stereocenters. The van der Waals surface area contributed by atoms with E-state index < -0.39 is 11.7 Å². The fourth-order valence-electron chi connectivity index (χ4n) is 5.27. The average molecular weight is 470 g/mol. The predicted molar refractivity (Wildman–Crippen MR) is 129 cm³/mol. The van der Waals surface area contributed by atoms with Crippen LogP contribution in [-0.4, -0.2) is 47.3 Å². The van der Waals surface area contributed by atoms with Crippen LogP contribution in [0.25, 0.3) is 10.8 Å². The highest BCUT2D eigenvalue weighted by Gasteiger charge is 2.33. The van der Waals surface area contributed by atoms with Gasteiger partial charge in [-0.2, -0.15) is 18.3 Å². The van der Waals surface area contributed by atoms with E-state index in [9.17, 15) is 13.2 Å². The highest BCUT2D eigenvalue weighted by Crippen LogP contribution is 2.36. The van der Waals surface area contributed by atoms with Crippen molar-refractivity contribution in [3.63, 3.8) is 0 Å². The number of benzene rings is 2. The molecule has 0 amide bonds. The van der Waals surface area contributed by atoms with Gasteiger partial charge in [0, 0.05) is 35.6 Å². The Morgan fingerprint density at radius 3 is 2.65 bits per heavy atom. The largest absolute Gasteiger partial charge is 0.416 e. The summed E-state index contributed by atoms with van der Waals surface area (Å²) in [5.74, 6) is 0.583. The highest BCUT2D eigenvalue weighted by molar-refractivity contribution is 5.93. The number of likely N-dealkylation sites (tertiary alicyclic amines) is 1. The number of nitrogens with zero attached hydrogens (tertiary/aromatic N) is 4. The molecule has 2 aliphatic rings. The summed E-state index contributed by atoms with van der Waals surface area (Å²) in [5.41, 5.74) is 1.37. The molecule has 0 bridgehead atoms. The molecule has 180 valence electrons. The molecule has 0 spiro atoms. The molecule has 0 radical (unpaired) electrons. The van der Waals surface area contributed by atoms with E-state index in [1.807, 2.05) is 6.92 Å². The van der Waals surface area contributed by atoms with Crippen LogP contribution in [0.2, 0.25) is 0 Å². The first-order chi connectivity index (χ1) is 16.3. The van der Waals surface area contributed by atoms with Gasteiger partial charge in [0.15, 0.2) is 5.82 Å². The van der Waals surface area contributed by atoms with E-state index in [-0.39, 0.29) is 11.6 Å². The number of aromatic nitrogens is 2. The molecule has 0 aliphatic carbocycles. The number of halogens is 3. The van der Waals surface area contributed by atoms with Crippen molar-refractivity contribution in [1.82, 2.24) is 15.1 Å². The molecule has 2 fully saturated rings. The van der Waals surface area contributed by atoms with Crippen LogP contribution in [0.15, 0.2) is 42.6 Å². The van der Waals surface area contributed by atoms with Gasteiger partial charge in [0.05, 0.1) is 17.8 Å². The lowest BCUT2D eigenvalue weighted by molar-refractivity contribution is -0.138. The smallest absolute Gasteiger partial charge is 0.370 e. The Labute approximate surface area is 198 Å². The van der Waals surface area contributed by atoms with Gasteiger partial charge in [-0.1, -0.05) is 18.2 Å². The number of piperidine rings is 1. The lowest BCUT2D eigenvalue weighted by atomic mass is 9.97. The maximum atomic E-state index is 13.4. The summed E-state index contributed by atoms with van der Waals surface area (Å²) in [4.78, 5) is 5.02. The molecule has 3 aromatic rings. The molecule has 1 unspecified atom stereocenters. The Bertz CT molecular complexity index is 1170. The second kappa shape index (κ2) is 9.06. The fourth-order valence-corrected chi connectivity index (χ4v) is 5.27. The molecule has 5 rings (SSSR count). The van der Waals surface area contributed by atoms with Crippen LogP contribution in [0.5, 0.6) is 0 Å². The molecule has 34 heavy (non-hydrogen) atoms. The van der Waals surface area contributed by atoms with Crippen LogP contribution < -0.4 is 10.2 Å². The van der Waals surface area contributed by atoms with Gasteiger partial charge in [-0.25, -0.2) is 0 Å². The highest BCUT2D eigenvalue weighted by atomic mass is 19.4. The maximum Gasteiger partial charge on any atom is 0.416 e. The first-order valence-electron chi connectivity index (χ1n) is 12.0. The first kappa shape index (κ1) is 22.9. The first-order valence-corrected chi connectivity index (χ1v) is 12.0. The number of nitrogens with one attached hydrogen (secondary N) is 1. The van der Waals surface area contributed by atoms with E-state index >= 15 is 0 Å². The topological polar surface area (TPSA) is 44.3 Å². The molecule has 2 aromatic carbocycles. The second-order valence-electron chi connectivity index (χ2n) is 9.48. The molecule has 1 aromatic heterocycles. The predicted octanol–water partition coefficient (Wildman–Crippen LogP) is 5.80. The van der Waals surface area contributed by atoms with Crippen LogP contribution in [0.3, 0.4) is 0 Å². The van der Waals surface area contributed by atoms with E-state index in [0.29, 0.717) is 17.4 Å². The third-order valence-electron chi connectivity index (χ3n) is 7.32. The summed E-state index contributed by atoms with van der Waals surface area (Å²) in [6.07, 6.45) is 1.06. The van der Waals surface area contributed by atoms with Crippen molar-refractivity contribution >= 4 is 22.3 Å². The van der Waals surface area contributed by atoms with Crippen LogP contribution in [0.4, 0.5) is 24.7 Å². The summed E-state index contributed by atoms with van der Waals surface area (Å²) in [5, 5.41) is 13.6. The second-order valence-corrected chi connectivity index (χ2v) is 9.48. The average Bonchev–Trinajstić information content (AvgIpc) is 2.77. The Kier molecular flexibility index (Phi) is 6.10. The van der Waals surface area contributed by atoms with Gasteiger partial charge < -0.3 is 10.2 Å². The Hall–Kier alpha value is -2.87. The number of hydrogen-bond donors (Lipinski definition) is 1. The summed E-state index contributed by atoms with van der Waals surface area (Å²) in [6.45, 7) is 7.83. The minimum atomic E-state index is -4.38. The summed E-state index contributed by atoms with van der Waals surface area (Å²) in [6, 6.07) is 10.9. The van der Waals surface area contributed by atoms with Gasteiger partial charge in [-0.3, -0.25) is 4.90 Å². The SMILES string of the molecule is Cc1c([C@@H](C)Nc2nncc3ccc(N4CCCC(N5CCC5)C4)cc23)cccc1C(F)(F)F. The van der Waals surface area contributed by atoms with Crippen LogP contribution in [0.1, 0.15) is 48.9 Å². The minimum Gasteiger partial charge on any atom is -0.370 e. The van der Waals surface area contributed by atoms with Gasteiger partial charge in [-0.05, 0) is 75.5 Å². The summed E-state index contributed by atoms with van der Waals surface area (Å²) in [7, 11) is 0. The van der Waals surface area contributed by atoms with Crippen LogP contribution in [0, 0.1) is 6.92 Å². The quantitative estimate of drug-likeness (QED) is 0.511. The van der Waals surface area contributed by atoms with Gasteiger partial charge in [-0.15, -0.1) is 5.10 Å². The Morgan fingerprint density at radius 1 is 1.09 bits per heavy atom. The Balaban J connectivity index is 1.42. The van der Waals surface area contributed by atoms with E-state index in [1.165, 1.54) is 45.3 Å². The third-order valence-corrected chi connectivity index (χ3v) is 7.32. The fraction of sp³-hybridized carbons (Fsp3) is 0.462. The molecule has 2 aliphatic heterocycles. The van der Waals surface area contributed by atoms with Gasteiger partial charge >= 0.3 is 6.18 Å². The van der Waals surface area contributed by atoms with Crippen molar-refractivity contribution in [1.29, 1.82) is 0 Å². The van der Waals surface area contributed by atoms with E-state index in [1.54, 1.807) is 12.3 Å². The van der Waals surface area contributed by atoms with Crippen molar-refractivity contribution in [2.75, 3.05) is 36.4 Å². The zero-order valence-electron chi connectivity index (χ0n) is 19.6. The Morgan fingerprint density at radius 2 is 1.91 bits per heavy atom. The standard InChI is InChI=1S/C26H30F3N5/c1-17-22(7-3-8-24(17)26(27,28)29)18(2)31-25-23-14-20(10-9-19(23)15-30-32-25)34-11-4-6-21(16-34)33-12-5-13-33/h3,7-10,14-15,18,21H,4-6,11-13,16H2,1-2H3,(H,31,32)/t18-,21?/m1/s1. The van der Waals surface area contributed by atoms with Crippen molar-refractivity contribution in [2.24, 2.45) is 0 Å². The summed E-state index contributed by atoms with van der Waals surface area (Å²) < 4.78 is 40.2. The molecule has 2 saturated heterocycles. The van der Waals surface area contributed by atoms with Crippen molar-refractivity contribution in [2.45, 2.75) is 51.4 Å². The molecular weight excluding hydrogens is 439 g/mol. The van der Waals surface area contributed by atoms with Crippen molar-refractivity contribution < 1.29 is 13.2 Å². The zero-order valence-corrected chi connectivity index (χ0v) is 19.6. The molecule has 3 heterocycles. The number of anilines is 2. The lowest BCUT2D eigenvalue weighted by Crippen LogP contribution is -2.53. The van der Waals surface area contributed by atoms with Gasteiger partial charge in [0.2, 0.25) is 0 Å². The monoisotopic (exact) mass is 469 g/mol. The van der Waals surface area contributed by atoms with E-state index in [2.05, 4.69) is 43.5 Å². The maximum absolute atomic E-state index is 13.4. The van der Waals surface area contributed by atoms with Gasteiger partial charge in [0.25, 0.3) is 0 Å². The molecule has 5 nitrogen and oxygen atoms in total. The zero-order chi connectivity index (χ0) is 23.9. The minimum absolute atomic E-state index is 0.231. The number of fused-ring (bicyclic) bond motifs is 1. The number of alkyl halides is 3. The van der Waals surface area contributed by atoms with E-state index in [4.69, 9.17) is 0 Å². The number of hydrogen-bond acceptors (Lipinski definition) is 5. The van der Waals surface area contributed by atoms with E-state index in [0.717, 1.165) is 35.6 Å². The van der Waals surface area contributed by atoms with Crippen molar-refractivity contribution in [3.8, 4) is 0 Å². The van der Waals surface area contributed by atoms with Gasteiger partial charge in [0.1, 0.15) is 0 Å². The molecular formula is C26H30F3N5. The molecule has 1 N–H and O–H groups in total. The van der Waals surface area contributed by atoms with Crippen molar-refractivity contribution in [3.05, 3.63) is 59.3 Å². The normalized spacial score (nSPS) is 20.3. The third kappa shape index (κ3) is 4.43. The van der Waals surface area contributed by atoms with Crippen LogP contribution in [-0.2, 0) is 6.18 Å². The van der Waals surface area contributed by atoms with Crippen LogP contribution >= 0.6 is 0 Å².